The number of fused-ring (bicyclic) bond motifs is 1. The molecule has 2 heterocycles. The SMILES string of the molecule is Ic1cnc(N2CC3CC3C2)nc1. The van der Waals surface area contributed by atoms with E-state index in [0.29, 0.717) is 0 Å². The van der Waals surface area contributed by atoms with Crippen molar-refractivity contribution in [1.82, 2.24) is 9.97 Å². The maximum Gasteiger partial charge on any atom is 0.225 e. The van der Waals surface area contributed by atoms with Crippen LogP contribution in [-0.2, 0) is 0 Å². The van der Waals surface area contributed by atoms with Gasteiger partial charge in [0.05, 0.1) is 0 Å². The van der Waals surface area contributed by atoms with Crippen LogP contribution in [0.4, 0.5) is 5.95 Å². The lowest BCUT2D eigenvalue weighted by Crippen LogP contribution is -2.23. The van der Waals surface area contributed by atoms with Gasteiger partial charge in [-0.05, 0) is 40.8 Å². The highest BCUT2D eigenvalue weighted by atomic mass is 127. The molecule has 2 atom stereocenters. The van der Waals surface area contributed by atoms with E-state index < -0.39 is 0 Å². The van der Waals surface area contributed by atoms with Crippen molar-refractivity contribution < 1.29 is 0 Å². The molecule has 3 nitrogen and oxygen atoms in total. The normalized spacial score (nSPS) is 30.4. The number of piperidine rings is 1. The van der Waals surface area contributed by atoms with E-state index >= 15 is 0 Å². The van der Waals surface area contributed by atoms with E-state index in [1.165, 1.54) is 19.5 Å². The summed E-state index contributed by atoms with van der Waals surface area (Å²) >= 11 is 2.23. The molecule has 0 bridgehead atoms. The highest BCUT2D eigenvalue weighted by Crippen LogP contribution is 2.45. The minimum atomic E-state index is 0.910. The Morgan fingerprint density at radius 3 is 2.46 bits per heavy atom. The van der Waals surface area contributed by atoms with E-state index in [4.69, 9.17) is 0 Å². The molecule has 1 aliphatic heterocycles. The Labute approximate surface area is 90.7 Å². The predicted octanol–water partition coefficient (Wildman–Crippen LogP) is 1.54. The van der Waals surface area contributed by atoms with Crippen molar-refractivity contribution in [3.8, 4) is 0 Å². The van der Waals surface area contributed by atoms with Crippen LogP contribution in [0.5, 0.6) is 0 Å². The van der Waals surface area contributed by atoms with Crippen LogP contribution in [0.25, 0.3) is 0 Å². The molecule has 0 radical (unpaired) electrons. The van der Waals surface area contributed by atoms with Gasteiger partial charge in [0.2, 0.25) is 5.95 Å². The van der Waals surface area contributed by atoms with E-state index in [1.807, 2.05) is 12.4 Å². The van der Waals surface area contributed by atoms with Crippen LogP contribution in [-0.4, -0.2) is 23.1 Å². The number of hydrogen-bond acceptors (Lipinski definition) is 3. The average Bonchev–Trinajstić information content (AvgIpc) is 2.75. The average molecular weight is 287 g/mol. The molecule has 1 saturated heterocycles. The number of rotatable bonds is 1. The Hall–Kier alpha value is -0.390. The molecule has 0 aromatic carbocycles. The molecule has 4 heteroatoms. The quantitative estimate of drug-likeness (QED) is 0.734. The van der Waals surface area contributed by atoms with Crippen molar-refractivity contribution in [2.75, 3.05) is 18.0 Å². The first kappa shape index (κ1) is 7.96. The molecule has 68 valence electrons. The smallest absolute Gasteiger partial charge is 0.225 e. The summed E-state index contributed by atoms with van der Waals surface area (Å²) in [7, 11) is 0. The molecule has 2 fully saturated rings. The maximum absolute atomic E-state index is 4.32. The van der Waals surface area contributed by atoms with Gasteiger partial charge < -0.3 is 4.90 Å². The zero-order chi connectivity index (χ0) is 8.84. The maximum atomic E-state index is 4.32. The van der Waals surface area contributed by atoms with E-state index in [1.54, 1.807) is 0 Å². The van der Waals surface area contributed by atoms with Gasteiger partial charge in [-0.3, -0.25) is 0 Å². The minimum Gasteiger partial charge on any atom is -0.340 e. The van der Waals surface area contributed by atoms with Gasteiger partial charge in [0.15, 0.2) is 0 Å². The number of anilines is 1. The topological polar surface area (TPSA) is 29.0 Å². The van der Waals surface area contributed by atoms with Crippen molar-refractivity contribution in [1.29, 1.82) is 0 Å². The Bertz CT molecular complexity index is 314. The van der Waals surface area contributed by atoms with Crippen LogP contribution in [0, 0.1) is 15.4 Å². The van der Waals surface area contributed by atoms with E-state index in [2.05, 4.69) is 37.5 Å². The Morgan fingerprint density at radius 1 is 1.23 bits per heavy atom. The van der Waals surface area contributed by atoms with Crippen molar-refractivity contribution in [3.05, 3.63) is 16.0 Å². The van der Waals surface area contributed by atoms with Gasteiger partial charge in [0.25, 0.3) is 0 Å². The van der Waals surface area contributed by atoms with Gasteiger partial charge in [-0.25, -0.2) is 9.97 Å². The summed E-state index contributed by atoms with van der Waals surface area (Å²) in [5.41, 5.74) is 0. The second-order valence-electron chi connectivity index (χ2n) is 3.86. The first-order chi connectivity index (χ1) is 6.33. The second kappa shape index (κ2) is 2.80. The lowest BCUT2D eigenvalue weighted by molar-refractivity contribution is 0.786. The zero-order valence-electron chi connectivity index (χ0n) is 7.15. The minimum absolute atomic E-state index is 0.910. The van der Waals surface area contributed by atoms with Gasteiger partial charge in [-0.1, -0.05) is 0 Å². The largest absolute Gasteiger partial charge is 0.340 e. The zero-order valence-corrected chi connectivity index (χ0v) is 9.31. The fourth-order valence-electron chi connectivity index (χ4n) is 2.03. The van der Waals surface area contributed by atoms with Crippen LogP contribution < -0.4 is 4.90 Å². The summed E-state index contributed by atoms with van der Waals surface area (Å²) in [4.78, 5) is 10.9. The number of hydrogen-bond donors (Lipinski definition) is 0. The van der Waals surface area contributed by atoms with E-state index in [-0.39, 0.29) is 0 Å². The molecule has 13 heavy (non-hydrogen) atoms. The van der Waals surface area contributed by atoms with Crippen LogP contribution >= 0.6 is 22.6 Å². The third-order valence-electron chi connectivity index (χ3n) is 2.87. The van der Waals surface area contributed by atoms with E-state index in [9.17, 15) is 0 Å². The van der Waals surface area contributed by atoms with Crippen LogP contribution in [0.1, 0.15) is 6.42 Å². The Morgan fingerprint density at radius 2 is 1.85 bits per heavy atom. The molecule has 0 amide bonds. The van der Waals surface area contributed by atoms with E-state index in [0.717, 1.165) is 21.4 Å². The van der Waals surface area contributed by atoms with Crippen molar-refractivity contribution in [2.24, 2.45) is 11.8 Å². The van der Waals surface area contributed by atoms with Crippen LogP contribution in [0.15, 0.2) is 12.4 Å². The molecule has 0 N–H and O–H groups in total. The van der Waals surface area contributed by atoms with Gasteiger partial charge in [-0.15, -0.1) is 0 Å². The highest BCUT2D eigenvalue weighted by Gasteiger charge is 2.45. The lowest BCUT2D eigenvalue weighted by atomic mass is 10.4. The van der Waals surface area contributed by atoms with Gasteiger partial charge >= 0.3 is 0 Å². The first-order valence-corrected chi connectivity index (χ1v) is 5.63. The fraction of sp³-hybridized carbons (Fsp3) is 0.556. The fourth-order valence-corrected chi connectivity index (χ4v) is 2.31. The molecule has 3 rings (SSSR count). The van der Waals surface area contributed by atoms with Crippen molar-refractivity contribution in [3.63, 3.8) is 0 Å². The number of nitrogens with zero attached hydrogens (tertiary/aromatic N) is 3. The summed E-state index contributed by atoms with van der Waals surface area (Å²) in [6, 6.07) is 0. The number of aromatic nitrogens is 2. The monoisotopic (exact) mass is 287 g/mol. The predicted molar refractivity (Wildman–Crippen MR) is 58.6 cm³/mol. The second-order valence-corrected chi connectivity index (χ2v) is 5.11. The molecule has 0 spiro atoms. The number of halogens is 1. The summed E-state index contributed by atoms with van der Waals surface area (Å²) in [5, 5.41) is 0. The first-order valence-electron chi connectivity index (χ1n) is 4.55. The molecule has 1 aliphatic carbocycles. The summed E-state index contributed by atoms with van der Waals surface area (Å²) in [5.74, 6) is 2.80. The Kier molecular flexibility index (Phi) is 1.71. The van der Waals surface area contributed by atoms with Crippen molar-refractivity contribution >= 4 is 28.5 Å². The molecular weight excluding hydrogens is 277 g/mol. The molecular formula is C9H10IN3. The molecule has 1 aromatic rings. The lowest BCUT2D eigenvalue weighted by Gasteiger charge is -2.16. The molecule has 1 saturated carbocycles. The summed E-state index contributed by atoms with van der Waals surface area (Å²) < 4.78 is 1.10. The standard InChI is InChI=1S/C9H10IN3/c10-8-2-11-9(12-3-8)13-4-6-1-7(6)5-13/h2-3,6-7H,1,4-5H2. The third-order valence-corrected chi connectivity index (χ3v) is 3.43. The highest BCUT2D eigenvalue weighted by molar-refractivity contribution is 14.1. The molecule has 1 aromatic heterocycles. The van der Waals surface area contributed by atoms with Gasteiger partial charge in [-0.2, -0.15) is 0 Å². The van der Waals surface area contributed by atoms with Crippen molar-refractivity contribution in [2.45, 2.75) is 6.42 Å². The third kappa shape index (κ3) is 1.41. The van der Waals surface area contributed by atoms with Crippen LogP contribution in [0.2, 0.25) is 0 Å². The molecule has 2 aliphatic rings. The van der Waals surface area contributed by atoms with Gasteiger partial charge in [0, 0.05) is 29.1 Å². The summed E-state index contributed by atoms with van der Waals surface area (Å²) in [6.45, 7) is 2.34. The van der Waals surface area contributed by atoms with Gasteiger partial charge in [0.1, 0.15) is 0 Å². The van der Waals surface area contributed by atoms with Crippen LogP contribution in [0.3, 0.4) is 0 Å². The molecule has 2 unspecified atom stereocenters. The Balaban J connectivity index is 1.81. The summed E-state index contributed by atoms with van der Waals surface area (Å²) in [6.07, 6.45) is 5.19.